The first-order valence-electron chi connectivity index (χ1n) is 10.7. The predicted octanol–water partition coefficient (Wildman–Crippen LogP) is 3.54. The molecule has 0 aliphatic heterocycles. The van der Waals surface area contributed by atoms with Crippen molar-refractivity contribution in [2.45, 2.75) is 13.5 Å². The topological polar surface area (TPSA) is 87.7 Å². The molecule has 3 rings (SSSR count). The van der Waals surface area contributed by atoms with E-state index in [1.165, 1.54) is 24.1 Å². The van der Waals surface area contributed by atoms with Crippen molar-refractivity contribution in [2.24, 2.45) is 0 Å². The molecule has 3 aromatic rings. The zero-order valence-electron chi connectivity index (χ0n) is 19.0. The Morgan fingerprint density at radius 1 is 0.941 bits per heavy atom. The highest BCUT2D eigenvalue weighted by atomic mass is 19.1. The van der Waals surface area contributed by atoms with Crippen molar-refractivity contribution in [3.8, 4) is 5.75 Å². The summed E-state index contributed by atoms with van der Waals surface area (Å²) < 4.78 is 18.6. The fraction of sp³-hybridized carbons (Fsp3) is 0.192. The van der Waals surface area contributed by atoms with E-state index in [1.54, 1.807) is 42.5 Å². The fourth-order valence-corrected chi connectivity index (χ4v) is 3.34. The number of para-hydroxylation sites is 1. The van der Waals surface area contributed by atoms with Gasteiger partial charge in [-0.05, 0) is 54.4 Å². The first-order valence-corrected chi connectivity index (χ1v) is 10.7. The molecule has 0 radical (unpaired) electrons. The molecule has 176 valence electrons. The number of carbonyl (C=O) groups excluding carboxylic acids is 3. The van der Waals surface area contributed by atoms with E-state index in [4.69, 9.17) is 4.74 Å². The third kappa shape index (κ3) is 6.90. The third-order valence-electron chi connectivity index (χ3n) is 4.99. The van der Waals surface area contributed by atoms with Crippen LogP contribution in [0.5, 0.6) is 5.75 Å². The number of nitrogens with zero attached hydrogens (tertiary/aromatic N) is 1. The Hall–Kier alpha value is -4.20. The summed E-state index contributed by atoms with van der Waals surface area (Å²) in [7, 11) is 1.45. The van der Waals surface area contributed by atoms with Crippen LogP contribution in [0.4, 0.5) is 10.1 Å². The maximum atomic E-state index is 13.3. The van der Waals surface area contributed by atoms with Crippen LogP contribution < -0.4 is 15.4 Å². The maximum Gasteiger partial charge on any atom is 0.258 e. The minimum atomic E-state index is -0.509. The number of methoxy groups -OCH3 is 1. The second-order valence-electron chi connectivity index (χ2n) is 7.68. The summed E-state index contributed by atoms with van der Waals surface area (Å²) in [5.74, 6) is -1.36. The number of hydrogen-bond donors (Lipinski definition) is 2. The van der Waals surface area contributed by atoms with E-state index in [2.05, 4.69) is 10.6 Å². The summed E-state index contributed by atoms with van der Waals surface area (Å²) in [4.78, 5) is 39.4. The first kappa shape index (κ1) is 24.4. The van der Waals surface area contributed by atoms with Crippen molar-refractivity contribution in [3.05, 3.63) is 95.3 Å². The standard InChI is InChI=1S/C26H26FN3O4/c1-18-6-5-7-21(14-18)29-24(31)15-28-25(32)17-30(16-19-10-12-20(27)13-11-19)26(33)22-8-3-4-9-23(22)34-2/h3-14H,15-17H2,1-2H3,(H,28,32)(H,29,31). The molecule has 0 saturated carbocycles. The average Bonchev–Trinajstić information content (AvgIpc) is 2.83. The lowest BCUT2D eigenvalue weighted by atomic mass is 10.1. The molecule has 0 spiro atoms. The summed E-state index contributed by atoms with van der Waals surface area (Å²) in [6, 6.07) is 19.7. The summed E-state index contributed by atoms with van der Waals surface area (Å²) in [6.45, 7) is 1.43. The quantitative estimate of drug-likeness (QED) is 0.508. The molecule has 34 heavy (non-hydrogen) atoms. The Bertz CT molecular complexity index is 1160. The molecule has 0 aliphatic carbocycles. The van der Waals surface area contributed by atoms with Crippen LogP contribution in [0.1, 0.15) is 21.5 Å². The molecule has 0 atom stereocenters. The van der Waals surface area contributed by atoms with Crippen molar-refractivity contribution in [3.63, 3.8) is 0 Å². The third-order valence-corrected chi connectivity index (χ3v) is 4.99. The van der Waals surface area contributed by atoms with Gasteiger partial charge in [0.15, 0.2) is 0 Å². The first-order chi connectivity index (χ1) is 16.4. The molecule has 0 saturated heterocycles. The Labute approximate surface area is 197 Å². The van der Waals surface area contributed by atoms with Crippen molar-refractivity contribution in [1.82, 2.24) is 10.2 Å². The number of amides is 3. The van der Waals surface area contributed by atoms with E-state index in [0.717, 1.165) is 5.56 Å². The fourth-order valence-electron chi connectivity index (χ4n) is 3.34. The number of nitrogens with one attached hydrogen (secondary N) is 2. The monoisotopic (exact) mass is 463 g/mol. The molecule has 7 nitrogen and oxygen atoms in total. The van der Waals surface area contributed by atoms with Crippen LogP contribution in [-0.2, 0) is 16.1 Å². The van der Waals surface area contributed by atoms with Gasteiger partial charge in [-0.15, -0.1) is 0 Å². The van der Waals surface area contributed by atoms with Gasteiger partial charge < -0.3 is 20.3 Å². The van der Waals surface area contributed by atoms with E-state index in [9.17, 15) is 18.8 Å². The number of carbonyl (C=O) groups is 3. The summed E-state index contributed by atoms with van der Waals surface area (Å²) in [5, 5.41) is 5.26. The molecule has 3 aromatic carbocycles. The van der Waals surface area contributed by atoms with Crippen LogP contribution in [0.15, 0.2) is 72.8 Å². The number of ether oxygens (including phenoxy) is 1. The molecule has 0 aromatic heterocycles. The van der Waals surface area contributed by atoms with Gasteiger partial charge in [-0.25, -0.2) is 4.39 Å². The lowest BCUT2D eigenvalue weighted by Crippen LogP contribution is -2.42. The Balaban J connectivity index is 1.68. The van der Waals surface area contributed by atoms with Gasteiger partial charge in [-0.3, -0.25) is 14.4 Å². The lowest BCUT2D eigenvalue weighted by molar-refractivity contribution is -0.124. The molecule has 0 unspecified atom stereocenters. The number of benzene rings is 3. The highest BCUT2D eigenvalue weighted by Crippen LogP contribution is 2.20. The molecule has 2 N–H and O–H groups in total. The van der Waals surface area contributed by atoms with Gasteiger partial charge in [-0.1, -0.05) is 36.4 Å². The Morgan fingerprint density at radius 3 is 2.38 bits per heavy atom. The van der Waals surface area contributed by atoms with Crippen LogP contribution in [0.3, 0.4) is 0 Å². The van der Waals surface area contributed by atoms with Gasteiger partial charge in [-0.2, -0.15) is 0 Å². The van der Waals surface area contributed by atoms with Crippen LogP contribution in [0, 0.1) is 12.7 Å². The predicted molar refractivity (Wildman–Crippen MR) is 127 cm³/mol. The lowest BCUT2D eigenvalue weighted by Gasteiger charge is -2.23. The molecule has 0 fully saturated rings. The van der Waals surface area contributed by atoms with Crippen molar-refractivity contribution >= 4 is 23.4 Å². The van der Waals surface area contributed by atoms with E-state index in [-0.39, 0.29) is 31.1 Å². The Kier molecular flexibility index (Phi) is 8.34. The van der Waals surface area contributed by atoms with Crippen molar-refractivity contribution in [1.29, 1.82) is 0 Å². The minimum Gasteiger partial charge on any atom is -0.496 e. The zero-order valence-corrected chi connectivity index (χ0v) is 19.0. The van der Waals surface area contributed by atoms with Crippen LogP contribution >= 0.6 is 0 Å². The minimum absolute atomic E-state index is 0.0695. The molecule has 3 amide bonds. The van der Waals surface area contributed by atoms with E-state index >= 15 is 0 Å². The van der Waals surface area contributed by atoms with E-state index < -0.39 is 17.6 Å². The Morgan fingerprint density at radius 2 is 1.68 bits per heavy atom. The maximum absolute atomic E-state index is 13.3. The smallest absolute Gasteiger partial charge is 0.258 e. The van der Waals surface area contributed by atoms with E-state index in [0.29, 0.717) is 17.0 Å². The summed E-state index contributed by atoms with van der Waals surface area (Å²) >= 11 is 0. The van der Waals surface area contributed by atoms with Crippen LogP contribution in [-0.4, -0.2) is 42.8 Å². The van der Waals surface area contributed by atoms with Crippen molar-refractivity contribution in [2.75, 3.05) is 25.5 Å². The number of hydrogen-bond acceptors (Lipinski definition) is 4. The van der Waals surface area contributed by atoms with Gasteiger partial charge in [0.05, 0.1) is 19.2 Å². The second kappa shape index (κ2) is 11.6. The molecule has 0 heterocycles. The van der Waals surface area contributed by atoms with Gasteiger partial charge >= 0.3 is 0 Å². The molecular formula is C26H26FN3O4. The molecule has 0 aliphatic rings. The van der Waals surface area contributed by atoms with E-state index in [1.807, 2.05) is 25.1 Å². The van der Waals surface area contributed by atoms with Crippen molar-refractivity contribution < 1.29 is 23.5 Å². The number of aryl methyl sites for hydroxylation is 1. The van der Waals surface area contributed by atoms with Gasteiger partial charge in [0.1, 0.15) is 18.1 Å². The summed E-state index contributed by atoms with van der Waals surface area (Å²) in [5.41, 5.74) is 2.56. The zero-order chi connectivity index (χ0) is 24.5. The molecule has 8 heteroatoms. The number of anilines is 1. The van der Waals surface area contributed by atoms with Gasteiger partial charge in [0, 0.05) is 12.2 Å². The van der Waals surface area contributed by atoms with Gasteiger partial charge in [0.2, 0.25) is 11.8 Å². The highest BCUT2D eigenvalue weighted by molar-refractivity contribution is 5.99. The van der Waals surface area contributed by atoms with Crippen LogP contribution in [0.2, 0.25) is 0 Å². The highest BCUT2D eigenvalue weighted by Gasteiger charge is 2.22. The summed E-state index contributed by atoms with van der Waals surface area (Å²) in [6.07, 6.45) is 0. The average molecular weight is 464 g/mol. The SMILES string of the molecule is COc1ccccc1C(=O)N(CC(=O)NCC(=O)Nc1cccc(C)c1)Cc1ccc(F)cc1. The normalized spacial score (nSPS) is 10.3. The van der Waals surface area contributed by atoms with Crippen LogP contribution in [0.25, 0.3) is 0 Å². The largest absolute Gasteiger partial charge is 0.496 e. The number of halogens is 1. The number of rotatable bonds is 9. The molecule has 0 bridgehead atoms. The van der Waals surface area contributed by atoms with Gasteiger partial charge in [0.25, 0.3) is 5.91 Å². The second-order valence-corrected chi connectivity index (χ2v) is 7.68. The molecular weight excluding hydrogens is 437 g/mol.